The highest BCUT2D eigenvalue weighted by atomic mass is 79.9. The molecule has 0 saturated carbocycles. The summed E-state index contributed by atoms with van der Waals surface area (Å²) < 4.78 is 1.17. The Hall–Kier alpha value is -0.150. The van der Waals surface area contributed by atoms with Crippen molar-refractivity contribution in [2.24, 2.45) is 0 Å². The summed E-state index contributed by atoms with van der Waals surface area (Å²) in [5.41, 5.74) is 1.39. The van der Waals surface area contributed by atoms with E-state index in [1.165, 1.54) is 28.9 Å². The predicted molar refractivity (Wildman–Crippen MR) is 66.1 cm³/mol. The van der Waals surface area contributed by atoms with Gasteiger partial charge in [0.2, 0.25) is 0 Å². The van der Waals surface area contributed by atoms with Crippen LogP contribution < -0.4 is 4.90 Å². The molecule has 14 heavy (non-hydrogen) atoms. The summed E-state index contributed by atoms with van der Waals surface area (Å²) in [7, 11) is 0. The zero-order chi connectivity index (χ0) is 9.54. The first-order valence-corrected chi connectivity index (χ1v) is 6.81. The molecule has 2 atom stereocenters. The third-order valence-electron chi connectivity index (χ3n) is 3.06. The highest BCUT2D eigenvalue weighted by Crippen LogP contribution is 2.40. The summed E-state index contributed by atoms with van der Waals surface area (Å²) in [5, 5.41) is 0.892. The molecule has 3 heteroatoms. The molecular weight excluding hydrogens is 258 g/mol. The highest BCUT2D eigenvalue weighted by Gasteiger charge is 2.38. The number of anilines is 1. The van der Waals surface area contributed by atoms with Crippen LogP contribution in [0.5, 0.6) is 0 Å². The Morgan fingerprint density at radius 3 is 2.64 bits per heavy atom. The lowest BCUT2D eigenvalue weighted by Crippen LogP contribution is -2.33. The molecule has 2 fully saturated rings. The van der Waals surface area contributed by atoms with E-state index < -0.39 is 0 Å². The van der Waals surface area contributed by atoms with Gasteiger partial charge in [-0.3, -0.25) is 0 Å². The summed E-state index contributed by atoms with van der Waals surface area (Å²) in [5.74, 6) is 1.32. The number of rotatable bonds is 1. The van der Waals surface area contributed by atoms with Crippen molar-refractivity contribution < 1.29 is 0 Å². The predicted octanol–water partition coefficient (Wildman–Crippen LogP) is 3.14. The van der Waals surface area contributed by atoms with Gasteiger partial charge in [0.1, 0.15) is 0 Å². The molecule has 2 heterocycles. The lowest BCUT2D eigenvalue weighted by molar-refractivity contribution is 0.763. The molecule has 2 unspecified atom stereocenters. The minimum Gasteiger partial charge on any atom is -0.367 e. The maximum absolute atomic E-state index is 3.47. The van der Waals surface area contributed by atoms with Crippen LogP contribution in [0.3, 0.4) is 0 Å². The zero-order valence-electron chi connectivity index (χ0n) is 7.82. The molecule has 2 saturated heterocycles. The Kier molecular flexibility index (Phi) is 2.25. The molecule has 0 spiro atoms. The Morgan fingerprint density at radius 2 is 2.07 bits per heavy atom. The number of hydrogen-bond acceptors (Lipinski definition) is 2. The lowest BCUT2D eigenvalue weighted by atomic mass is 10.2. The first kappa shape index (κ1) is 9.10. The van der Waals surface area contributed by atoms with Gasteiger partial charge in [-0.1, -0.05) is 15.9 Å². The summed E-state index contributed by atoms with van der Waals surface area (Å²) >= 11 is 5.62. The van der Waals surface area contributed by atoms with Crippen molar-refractivity contribution >= 4 is 33.4 Å². The van der Waals surface area contributed by atoms with Gasteiger partial charge < -0.3 is 4.90 Å². The summed E-state index contributed by atoms with van der Waals surface area (Å²) in [6, 6.07) is 9.50. The van der Waals surface area contributed by atoms with Crippen molar-refractivity contribution in [3.05, 3.63) is 28.7 Å². The van der Waals surface area contributed by atoms with Gasteiger partial charge in [0, 0.05) is 33.7 Å². The maximum atomic E-state index is 3.47. The van der Waals surface area contributed by atoms with Crippen LogP contribution in [-0.4, -0.2) is 23.6 Å². The zero-order valence-corrected chi connectivity index (χ0v) is 10.2. The molecule has 0 amide bonds. The Morgan fingerprint density at radius 1 is 1.29 bits per heavy atom. The number of benzene rings is 1. The standard InChI is InChI=1S/C11H12BrNS/c12-8-1-3-9(4-2-8)13-6-11-5-10(13)7-14-11/h1-4,10-11H,5-7H2. The van der Waals surface area contributed by atoms with Crippen LogP contribution in [0.4, 0.5) is 5.69 Å². The molecular formula is C11H12BrNS. The summed E-state index contributed by atoms with van der Waals surface area (Å²) in [4.78, 5) is 2.56. The van der Waals surface area contributed by atoms with Crippen LogP contribution in [0.25, 0.3) is 0 Å². The van der Waals surface area contributed by atoms with E-state index in [1.807, 2.05) is 0 Å². The average Bonchev–Trinajstić information content (AvgIpc) is 2.80. The molecule has 2 bridgehead atoms. The third kappa shape index (κ3) is 1.47. The molecule has 0 radical (unpaired) electrons. The molecule has 74 valence electrons. The summed E-state index contributed by atoms with van der Waals surface area (Å²) in [6.07, 6.45) is 1.39. The molecule has 2 aliphatic rings. The largest absolute Gasteiger partial charge is 0.367 e. The molecule has 1 nitrogen and oxygen atoms in total. The number of thioether (sulfide) groups is 1. The van der Waals surface area contributed by atoms with Gasteiger partial charge in [-0.05, 0) is 30.7 Å². The van der Waals surface area contributed by atoms with E-state index in [2.05, 4.69) is 56.9 Å². The van der Waals surface area contributed by atoms with Crippen molar-refractivity contribution in [3.8, 4) is 0 Å². The van der Waals surface area contributed by atoms with Crippen LogP contribution in [0.15, 0.2) is 28.7 Å². The molecule has 0 N–H and O–H groups in total. The first-order valence-electron chi connectivity index (χ1n) is 4.97. The first-order chi connectivity index (χ1) is 6.83. The van der Waals surface area contributed by atoms with Gasteiger partial charge in [-0.15, -0.1) is 0 Å². The van der Waals surface area contributed by atoms with Crippen LogP contribution in [-0.2, 0) is 0 Å². The van der Waals surface area contributed by atoms with E-state index in [0.717, 1.165) is 11.3 Å². The van der Waals surface area contributed by atoms with Gasteiger partial charge in [0.25, 0.3) is 0 Å². The van der Waals surface area contributed by atoms with E-state index >= 15 is 0 Å². The Balaban J connectivity index is 1.86. The molecule has 0 aromatic heterocycles. The average molecular weight is 270 g/mol. The van der Waals surface area contributed by atoms with Gasteiger partial charge >= 0.3 is 0 Å². The van der Waals surface area contributed by atoms with Crippen LogP contribution in [0.1, 0.15) is 6.42 Å². The molecule has 1 aromatic carbocycles. The molecule has 2 aliphatic heterocycles. The minimum absolute atomic E-state index is 0.797. The fourth-order valence-electron chi connectivity index (χ4n) is 2.35. The fraction of sp³-hybridized carbons (Fsp3) is 0.455. The fourth-order valence-corrected chi connectivity index (χ4v) is 4.05. The monoisotopic (exact) mass is 269 g/mol. The van der Waals surface area contributed by atoms with Crippen LogP contribution in [0.2, 0.25) is 0 Å². The second-order valence-corrected chi connectivity index (χ2v) is 6.22. The minimum atomic E-state index is 0.797. The second-order valence-electron chi connectivity index (χ2n) is 3.97. The van der Waals surface area contributed by atoms with Crippen molar-refractivity contribution in [2.45, 2.75) is 17.7 Å². The number of halogens is 1. The molecule has 1 aromatic rings. The second kappa shape index (κ2) is 3.46. The Labute approximate surface area is 97.0 Å². The quantitative estimate of drug-likeness (QED) is 0.771. The normalized spacial score (nSPS) is 29.9. The van der Waals surface area contributed by atoms with Gasteiger partial charge in [-0.2, -0.15) is 11.8 Å². The van der Waals surface area contributed by atoms with Crippen LogP contribution in [0, 0.1) is 0 Å². The summed E-state index contributed by atoms with van der Waals surface area (Å²) in [6.45, 7) is 1.25. The van der Waals surface area contributed by atoms with E-state index in [0.29, 0.717) is 0 Å². The molecule has 3 rings (SSSR count). The highest BCUT2D eigenvalue weighted by molar-refractivity contribution is 9.10. The van der Waals surface area contributed by atoms with Gasteiger partial charge in [-0.25, -0.2) is 0 Å². The van der Waals surface area contributed by atoms with Crippen molar-refractivity contribution in [1.82, 2.24) is 0 Å². The number of nitrogens with zero attached hydrogens (tertiary/aromatic N) is 1. The smallest absolute Gasteiger partial charge is 0.0392 e. The van der Waals surface area contributed by atoms with E-state index in [9.17, 15) is 0 Å². The third-order valence-corrected chi connectivity index (χ3v) is 4.98. The topological polar surface area (TPSA) is 3.24 Å². The van der Waals surface area contributed by atoms with Gasteiger partial charge in [0.05, 0.1) is 0 Å². The van der Waals surface area contributed by atoms with Crippen LogP contribution >= 0.6 is 27.7 Å². The Bertz CT molecular complexity index is 338. The number of hydrogen-bond donors (Lipinski definition) is 0. The SMILES string of the molecule is Brc1ccc(N2CC3CC2CS3)cc1. The van der Waals surface area contributed by atoms with E-state index in [-0.39, 0.29) is 0 Å². The lowest BCUT2D eigenvalue weighted by Gasteiger charge is -2.28. The van der Waals surface area contributed by atoms with E-state index in [4.69, 9.17) is 0 Å². The molecule has 0 aliphatic carbocycles. The van der Waals surface area contributed by atoms with Gasteiger partial charge in [0.15, 0.2) is 0 Å². The van der Waals surface area contributed by atoms with Crippen molar-refractivity contribution in [1.29, 1.82) is 0 Å². The maximum Gasteiger partial charge on any atom is 0.0392 e. The van der Waals surface area contributed by atoms with E-state index in [1.54, 1.807) is 0 Å². The number of fused-ring (bicyclic) bond motifs is 2. The van der Waals surface area contributed by atoms with Crippen molar-refractivity contribution in [2.75, 3.05) is 17.2 Å². The van der Waals surface area contributed by atoms with Crippen molar-refractivity contribution in [3.63, 3.8) is 0 Å².